The number of carbonyl (C=O) groups is 2. The smallest absolute Gasteiger partial charge is 0.343 e. The molecule has 1 amide bonds. The Labute approximate surface area is 200 Å². The van der Waals surface area contributed by atoms with Crippen molar-refractivity contribution >= 4 is 22.8 Å². The van der Waals surface area contributed by atoms with Crippen LogP contribution in [0.15, 0.2) is 59.5 Å². The van der Waals surface area contributed by atoms with Crippen molar-refractivity contribution in [2.75, 3.05) is 20.2 Å². The van der Waals surface area contributed by atoms with Gasteiger partial charge in [-0.05, 0) is 18.2 Å². The van der Waals surface area contributed by atoms with Gasteiger partial charge in [-0.1, -0.05) is 24.3 Å². The van der Waals surface area contributed by atoms with Crippen LogP contribution in [0.2, 0.25) is 0 Å². The lowest BCUT2D eigenvalue weighted by atomic mass is 10.1. The summed E-state index contributed by atoms with van der Waals surface area (Å²) in [7, 11) is 1.28. The van der Waals surface area contributed by atoms with Gasteiger partial charge in [0.15, 0.2) is 5.69 Å². The third-order valence-corrected chi connectivity index (χ3v) is 6.04. The fraction of sp³-hybridized carbons (Fsp3) is 0.240. The van der Waals surface area contributed by atoms with Crippen molar-refractivity contribution in [2.24, 2.45) is 0 Å². The summed E-state index contributed by atoms with van der Waals surface area (Å²) in [5.74, 6) is -0.714. The van der Waals surface area contributed by atoms with Crippen LogP contribution in [-0.2, 0) is 24.3 Å². The molecule has 10 heteroatoms. The number of fused-ring (bicyclic) bond motifs is 2. The Bertz CT molecular complexity index is 1460. The lowest BCUT2D eigenvalue weighted by Gasteiger charge is -2.18. The molecule has 5 rings (SSSR count). The fourth-order valence-electron chi connectivity index (χ4n) is 4.30. The number of aromatic nitrogens is 4. The number of nitrogens with one attached hydrogen (secondary N) is 1. The Morgan fingerprint density at radius 3 is 2.71 bits per heavy atom. The van der Waals surface area contributed by atoms with Crippen molar-refractivity contribution < 1.29 is 19.1 Å². The predicted molar refractivity (Wildman–Crippen MR) is 126 cm³/mol. The molecule has 0 saturated heterocycles. The quantitative estimate of drug-likeness (QED) is 0.441. The van der Waals surface area contributed by atoms with Gasteiger partial charge in [0.05, 0.1) is 18.3 Å². The highest BCUT2D eigenvalue weighted by Gasteiger charge is 2.29. The number of nitrogens with zero attached hydrogens (tertiary/aromatic N) is 4. The molecule has 1 aliphatic rings. The number of amides is 1. The van der Waals surface area contributed by atoms with Crippen LogP contribution in [0.1, 0.15) is 32.2 Å². The number of rotatable bonds is 5. The van der Waals surface area contributed by atoms with Crippen molar-refractivity contribution in [3.63, 3.8) is 0 Å². The van der Waals surface area contributed by atoms with Crippen LogP contribution >= 0.6 is 0 Å². The first kappa shape index (κ1) is 22.3. The van der Waals surface area contributed by atoms with Gasteiger partial charge in [0.25, 0.3) is 11.5 Å². The molecule has 0 unspecified atom stereocenters. The summed E-state index contributed by atoms with van der Waals surface area (Å²) in [6.45, 7) is 0.909. The van der Waals surface area contributed by atoms with Gasteiger partial charge in [0, 0.05) is 49.4 Å². The molecule has 0 spiro atoms. The van der Waals surface area contributed by atoms with Gasteiger partial charge in [-0.25, -0.2) is 4.79 Å². The average molecular weight is 473 g/mol. The van der Waals surface area contributed by atoms with E-state index in [0.717, 1.165) is 10.9 Å². The molecule has 1 aromatic carbocycles. The molecular formula is C25H23N5O5. The SMILES string of the molecule is COC(=O)c1c(OCc2ccccn2)cc(=O)n2c1CCN(C(=O)c1n[nH]c3ccccc13)CC2. The Hall–Kier alpha value is -4.47. The Morgan fingerprint density at radius 1 is 1.09 bits per heavy atom. The van der Waals surface area contributed by atoms with Gasteiger partial charge in [-0.3, -0.25) is 19.7 Å². The van der Waals surface area contributed by atoms with Gasteiger partial charge < -0.3 is 18.9 Å². The van der Waals surface area contributed by atoms with Crippen LogP contribution in [0.3, 0.4) is 0 Å². The summed E-state index contributed by atoms with van der Waals surface area (Å²) in [6, 6.07) is 14.1. The number of aromatic amines is 1. The number of carbonyl (C=O) groups excluding carboxylic acids is 2. The first-order chi connectivity index (χ1) is 17.1. The second-order valence-electron chi connectivity index (χ2n) is 8.08. The highest BCUT2D eigenvalue weighted by atomic mass is 16.5. The van der Waals surface area contributed by atoms with Crippen LogP contribution < -0.4 is 10.3 Å². The Kier molecular flexibility index (Phi) is 6.01. The summed E-state index contributed by atoms with van der Waals surface area (Å²) in [4.78, 5) is 44.9. The summed E-state index contributed by atoms with van der Waals surface area (Å²) in [5, 5.41) is 7.82. The van der Waals surface area contributed by atoms with E-state index in [1.807, 2.05) is 30.3 Å². The zero-order chi connectivity index (χ0) is 24.4. The molecule has 1 aliphatic heterocycles. The van der Waals surface area contributed by atoms with Crippen LogP contribution in [-0.4, -0.2) is 56.7 Å². The number of pyridine rings is 2. The predicted octanol–water partition coefficient (Wildman–Crippen LogP) is 2.18. The molecule has 0 bridgehead atoms. The fourth-order valence-corrected chi connectivity index (χ4v) is 4.30. The third kappa shape index (κ3) is 4.25. The van der Waals surface area contributed by atoms with E-state index in [1.54, 1.807) is 23.2 Å². The number of hydrogen-bond acceptors (Lipinski definition) is 7. The number of hydrogen-bond donors (Lipinski definition) is 1. The maximum Gasteiger partial charge on any atom is 0.343 e. The molecule has 0 saturated carbocycles. The minimum atomic E-state index is -0.608. The maximum atomic E-state index is 13.3. The van der Waals surface area contributed by atoms with Crippen molar-refractivity contribution in [3.8, 4) is 5.75 Å². The number of esters is 1. The van der Waals surface area contributed by atoms with Crippen LogP contribution in [0, 0.1) is 0 Å². The Balaban J connectivity index is 1.45. The van der Waals surface area contributed by atoms with Crippen molar-refractivity contribution in [3.05, 3.63) is 87.7 Å². The molecule has 0 radical (unpaired) electrons. The number of para-hydroxylation sites is 1. The molecule has 4 heterocycles. The highest BCUT2D eigenvalue weighted by Crippen LogP contribution is 2.25. The van der Waals surface area contributed by atoms with E-state index >= 15 is 0 Å². The molecular weight excluding hydrogens is 450 g/mol. The molecule has 1 N–H and O–H groups in total. The summed E-state index contributed by atoms with van der Waals surface area (Å²) in [6.07, 6.45) is 1.91. The molecule has 10 nitrogen and oxygen atoms in total. The topological polar surface area (TPSA) is 119 Å². The molecule has 35 heavy (non-hydrogen) atoms. The average Bonchev–Trinajstić information content (AvgIpc) is 3.19. The van der Waals surface area contributed by atoms with Crippen LogP contribution in [0.25, 0.3) is 10.9 Å². The number of methoxy groups -OCH3 is 1. The molecule has 3 aromatic heterocycles. The summed E-state index contributed by atoms with van der Waals surface area (Å²) >= 11 is 0. The number of ether oxygens (including phenoxy) is 2. The number of benzene rings is 1. The van der Waals surface area contributed by atoms with E-state index in [0.29, 0.717) is 30.2 Å². The van der Waals surface area contributed by atoms with E-state index in [4.69, 9.17) is 9.47 Å². The van der Waals surface area contributed by atoms with Crippen molar-refractivity contribution in [1.29, 1.82) is 0 Å². The van der Waals surface area contributed by atoms with E-state index < -0.39 is 5.97 Å². The lowest BCUT2D eigenvalue weighted by Crippen LogP contribution is -2.34. The zero-order valence-electron chi connectivity index (χ0n) is 19.1. The molecule has 178 valence electrons. The maximum absolute atomic E-state index is 13.3. The molecule has 4 aromatic rings. The number of H-pyrrole nitrogens is 1. The van der Waals surface area contributed by atoms with Crippen molar-refractivity contribution in [2.45, 2.75) is 19.6 Å². The van der Waals surface area contributed by atoms with E-state index in [2.05, 4.69) is 15.2 Å². The zero-order valence-corrected chi connectivity index (χ0v) is 19.1. The minimum absolute atomic E-state index is 0.0879. The van der Waals surface area contributed by atoms with Gasteiger partial charge in [-0.15, -0.1) is 0 Å². The van der Waals surface area contributed by atoms with Gasteiger partial charge in [0.1, 0.15) is 17.9 Å². The van der Waals surface area contributed by atoms with Gasteiger partial charge >= 0.3 is 5.97 Å². The first-order valence-corrected chi connectivity index (χ1v) is 11.2. The van der Waals surface area contributed by atoms with Gasteiger partial charge in [0.2, 0.25) is 0 Å². The summed E-state index contributed by atoms with van der Waals surface area (Å²) < 4.78 is 12.4. The normalized spacial score (nSPS) is 13.2. The van der Waals surface area contributed by atoms with Crippen LogP contribution in [0.5, 0.6) is 5.75 Å². The Morgan fingerprint density at radius 2 is 1.91 bits per heavy atom. The van der Waals surface area contributed by atoms with E-state index in [-0.39, 0.29) is 42.4 Å². The largest absolute Gasteiger partial charge is 0.486 e. The molecule has 0 aliphatic carbocycles. The lowest BCUT2D eigenvalue weighted by molar-refractivity contribution is 0.0592. The molecule has 0 fully saturated rings. The van der Waals surface area contributed by atoms with E-state index in [9.17, 15) is 14.4 Å². The van der Waals surface area contributed by atoms with Crippen LogP contribution in [0.4, 0.5) is 0 Å². The highest BCUT2D eigenvalue weighted by molar-refractivity contribution is 6.04. The first-order valence-electron chi connectivity index (χ1n) is 11.2. The van der Waals surface area contributed by atoms with Gasteiger partial charge in [-0.2, -0.15) is 5.10 Å². The monoisotopic (exact) mass is 473 g/mol. The second-order valence-corrected chi connectivity index (χ2v) is 8.08. The van der Waals surface area contributed by atoms with E-state index in [1.165, 1.54) is 17.7 Å². The standard InChI is InChI=1S/C25H23N5O5/c1-34-25(33)22-19-9-11-29(24(32)23-17-7-2-3-8-18(17)27-28-23)12-13-30(19)21(31)14-20(22)35-15-16-6-4-5-10-26-16/h2-8,10,14H,9,11-13,15H2,1H3,(H,27,28). The molecule has 0 atom stereocenters. The minimum Gasteiger partial charge on any atom is -0.486 e. The second kappa shape index (κ2) is 9.41. The van der Waals surface area contributed by atoms with Crippen molar-refractivity contribution in [1.82, 2.24) is 24.6 Å². The summed E-state index contributed by atoms with van der Waals surface area (Å²) in [5.41, 5.74) is 2.09. The third-order valence-electron chi connectivity index (χ3n) is 6.04.